The van der Waals surface area contributed by atoms with Crippen LogP contribution in [0.1, 0.15) is 5.56 Å². The van der Waals surface area contributed by atoms with Gasteiger partial charge in [0.05, 0.1) is 0 Å². The van der Waals surface area contributed by atoms with E-state index in [4.69, 9.17) is 9.78 Å². The molecule has 0 unspecified atom stereocenters. The average molecular weight is 213 g/mol. The highest BCUT2D eigenvalue weighted by atomic mass is 79.9. The smallest absolute Gasteiger partial charge is 0.221 e. The van der Waals surface area contributed by atoms with Crippen LogP contribution in [0.5, 0.6) is 5.75 Å². The molecule has 0 saturated carbocycles. The fourth-order valence-corrected chi connectivity index (χ4v) is 1.22. The molecule has 1 heterocycles. The molecule has 2 nitrogen and oxygen atoms in total. The van der Waals surface area contributed by atoms with Gasteiger partial charge in [0.25, 0.3) is 0 Å². The first-order chi connectivity index (χ1) is 5.36. The molecule has 0 fully saturated rings. The second-order valence-corrected chi connectivity index (χ2v) is 2.93. The van der Waals surface area contributed by atoms with Crippen molar-refractivity contribution in [3.63, 3.8) is 0 Å². The van der Waals surface area contributed by atoms with Crippen LogP contribution in [0.4, 0.5) is 0 Å². The van der Waals surface area contributed by atoms with Crippen LogP contribution in [0.2, 0.25) is 0 Å². The molecule has 0 aromatic heterocycles. The Balaban J connectivity index is 2.51. The van der Waals surface area contributed by atoms with Gasteiger partial charge in [0.2, 0.25) is 4.67 Å². The molecule has 0 amide bonds. The lowest BCUT2D eigenvalue weighted by atomic mass is 10.2. The van der Waals surface area contributed by atoms with Gasteiger partial charge in [-0.25, -0.2) is 0 Å². The maximum Gasteiger partial charge on any atom is 0.221 e. The second-order valence-electron chi connectivity index (χ2n) is 2.15. The van der Waals surface area contributed by atoms with Crippen LogP contribution >= 0.6 is 15.9 Å². The van der Waals surface area contributed by atoms with E-state index in [9.17, 15) is 0 Å². The summed E-state index contributed by atoms with van der Waals surface area (Å²) in [4.78, 5) is 9.70. The van der Waals surface area contributed by atoms with E-state index in [0.29, 0.717) is 4.67 Å². The summed E-state index contributed by atoms with van der Waals surface area (Å²) in [5.74, 6) is 0.746. The minimum atomic E-state index is 0.594. The van der Waals surface area contributed by atoms with Gasteiger partial charge in [-0.15, -0.1) is 0 Å². The van der Waals surface area contributed by atoms with Crippen LogP contribution in [-0.4, -0.2) is 0 Å². The fraction of sp³-hybridized carbons (Fsp3) is 0. The number of rotatable bonds is 0. The summed E-state index contributed by atoms with van der Waals surface area (Å²) in [6, 6.07) is 7.66. The van der Waals surface area contributed by atoms with Crippen LogP contribution < -0.4 is 4.89 Å². The summed E-state index contributed by atoms with van der Waals surface area (Å²) in [5.41, 5.74) is 1.02. The Hall–Kier alpha value is -0.960. The molecule has 56 valence electrons. The highest BCUT2D eigenvalue weighted by Crippen LogP contribution is 2.28. The summed E-state index contributed by atoms with van der Waals surface area (Å²) >= 11 is 3.17. The van der Waals surface area contributed by atoms with E-state index in [0.717, 1.165) is 11.3 Å². The van der Waals surface area contributed by atoms with E-state index in [1.807, 2.05) is 30.3 Å². The summed E-state index contributed by atoms with van der Waals surface area (Å²) in [6.45, 7) is 0. The van der Waals surface area contributed by atoms with E-state index < -0.39 is 0 Å². The van der Waals surface area contributed by atoms with Gasteiger partial charge in [0.1, 0.15) is 0 Å². The predicted molar refractivity (Wildman–Crippen MR) is 45.1 cm³/mol. The largest absolute Gasteiger partial charge is 0.289 e. The number of hydrogen-bond donors (Lipinski definition) is 0. The lowest BCUT2D eigenvalue weighted by molar-refractivity contribution is -0.155. The Labute approximate surface area is 72.5 Å². The van der Waals surface area contributed by atoms with Crippen LogP contribution in [0.3, 0.4) is 0 Å². The Morgan fingerprint density at radius 2 is 1.91 bits per heavy atom. The van der Waals surface area contributed by atoms with E-state index in [1.54, 1.807) is 0 Å². The molecule has 0 atom stereocenters. The highest BCUT2D eigenvalue weighted by Gasteiger charge is 2.09. The van der Waals surface area contributed by atoms with Gasteiger partial charge < -0.3 is 0 Å². The standard InChI is InChI=1S/C8H5BrO2/c9-8-5-6-3-1-2-4-7(6)10-11-8/h1-5H. The molecule has 0 spiro atoms. The molecular formula is C8H5BrO2. The maximum absolute atomic E-state index is 4.92. The summed E-state index contributed by atoms with van der Waals surface area (Å²) in [7, 11) is 0. The van der Waals surface area contributed by atoms with Gasteiger partial charge >= 0.3 is 0 Å². The van der Waals surface area contributed by atoms with Crippen molar-refractivity contribution in [2.45, 2.75) is 0 Å². The molecule has 1 aliphatic heterocycles. The van der Waals surface area contributed by atoms with Gasteiger partial charge in [0.15, 0.2) is 5.75 Å². The fourth-order valence-electron chi connectivity index (χ4n) is 0.907. The van der Waals surface area contributed by atoms with Crippen LogP contribution in [0.25, 0.3) is 6.08 Å². The van der Waals surface area contributed by atoms with E-state index in [1.165, 1.54) is 0 Å². The normalized spacial score (nSPS) is 14.1. The molecule has 1 aliphatic rings. The third-order valence-corrected chi connectivity index (χ3v) is 1.76. The van der Waals surface area contributed by atoms with Crippen molar-refractivity contribution in [1.29, 1.82) is 0 Å². The van der Waals surface area contributed by atoms with Crippen LogP contribution in [0, 0.1) is 0 Å². The highest BCUT2D eigenvalue weighted by molar-refractivity contribution is 9.11. The van der Waals surface area contributed by atoms with E-state index >= 15 is 0 Å². The number of halogens is 1. The molecular weight excluding hydrogens is 208 g/mol. The summed E-state index contributed by atoms with van der Waals surface area (Å²) < 4.78 is 0.594. The molecule has 1 aromatic rings. The molecule has 0 N–H and O–H groups in total. The van der Waals surface area contributed by atoms with Crippen molar-refractivity contribution in [1.82, 2.24) is 0 Å². The van der Waals surface area contributed by atoms with Crippen molar-refractivity contribution in [2.24, 2.45) is 0 Å². The molecule has 0 radical (unpaired) electrons. The van der Waals surface area contributed by atoms with Crippen LogP contribution in [0.15, 0.2) is 28.9 Å². The lowest BCUT2D eigenvalue weighted by Gasteiger charge is -2.11. The van der Waals surface area contributed by atoms with Crippen molar-refractivity contribution in [3.05, 3.63) is 34.5 Å². The van der Waals surface area contributed by atoms with E-state index in [2.05, 4.69) is 15.9 Å². The number of benzene rings is 1. The lowest BCUT2D eigenvalue weighted by Crippen LogP contribution is -1.99. The van der Waals surface area contributed by atoms with Gasteiger partial charge in [0, 0.05) is 11.6 Å². The van der Waals surface area contributed by atoms with Crippen molar-refractivity contribution in [2.75, 3.05) is 0 Å². The molecule has 0 bridgehead atoms. The molecule has 0 saturated heterocycles. The Kier molecular flexibility index (Phi) is 1.58. The Morgan fingerprint density at radius 3 is 2.82 bits per heavy atom. The second kappa shape index (κ2) is 2.58. The maximum atomic E-state index is 4.92. The summed E-state index contributed by atoms with van der Waals surface area (Å²) in [6.07, 6.45) is 1.86. The third kappa shape index (κ3) is 1.24. The average Bonchev–Trinajstić information content (AvgIpc) is 2.04. The van der Waals surface area contributed by atoms with Gasteiger partial charge in [-0.2, -0.15) is 0 Å². The van der Waals surface area contributed by atoms with E-state index in [-0.39, 0.29) is 0 Å². The van der Waals surface area contributed by atoms with Gasteiger partial charge in [-0.3, -0.25) is 9.78 Å². The first kappa shape index (κ1) is 6.73. The topological polar surface area (TPSA) is 18.5 Å². The molecule has 3 heteroatoms. The minimum absolute atomic E-state index is 0.594. The van der Waals surface area contributed by atoms with Gasteiger partial charge in [-0.1, -0.05) is 18.2 Å². The molecule has 11 heavy (non-hydrogen) atoms. The zero-order valence-corrected chi connectivity index (χ0v) is 7.17. The summed E-state index contributed by atoms with van der Waals surface area (Å²) in [5, 5.41) is 0. The zero-order valence-electron chi connectivity index (χ0n) is 5.58. The van der Waals surface area contributed by atoms with Crippen LogP contribution in [-0.2, 0) is 4.89 Å². The SMILES string of the molecule is BrC1=Cc2ccccc2OO1. The van der Waals surface area contributed by atoms with Gasteiger partial charge in [-0.05, 0) is 22.0 Å². The van der Waals surface area contributed by atoms with Crippen molar-refractivity contribution >= 4 is 22.0 Å². The minimum Gasteiger partial charge on any atom is -0.289 e. The molecule has 1 aromatic carbocycles. The quantitative estimate of drug-likeness (QED) is 0.616. The number of hydrogen-bond acceptors (Lipinski definition) is 2. The zero-order chi connectivity index (χ0) is 7.68. The van der Waals surface area contributed by atoms with Crippen molar-refractivity contribution < 1.29 is 9.78 Å². The third-order valence-electron chi connectivity index (χ3n) is 1.40. The Morgan fingerprint density at radius 1 is 1.09 bits per heavy atom. The first-order valence-corrected chi connectivity index (χ1v) is 3.96. The molecule has 2 rings (SSSR count). The number of para-hydroxylation sites is 1. The molecule has 0 aliphatic carbocycles. The van der Waals surface area contributed by atoms with Crippen molar-refractivity contribution in [3.8, 4) is 5.75 Å². The Bertz CT molecular complexity index is 307. The number of fused-ring (bicyclic) bond motifs is 1. The first-order valence-electron chi connectivity index (χ1n) is 3.17. The predicted octanol–water partition coefficient (Wildman–Crippen LogP) is 2.70. The monoisotopic (exact) mass is 212 g/mol.